The van der Waals surface area contributed by atoms with Gasteiger partial charge in [-0.2, -0.15) is 4.98 Å². The van der Waals surface area contributed by atoms with Crippen LogP contribution in [0.2, 0.25) is 5.02 Å². The van der Waals surface area contributed by atoms with Gasteiger partial charge in [-0.25, -0.2) is 0 Å². The van der Waals surface area contributed by atoms with Crippen LogP contribution in [-0.2, 0) is 0 Å². The van der Waals surface area contributed by atoms with Gasteiger partial charge in [0.1, 0.15) is 0 Å². The van der Waals surface area contributed by atoms with Crippen LogP contribution in [0.3, 0.4) is 0 Å². The second-order valence-electron chi connectivity index (χ2n) is 4.13. The highest BCUT2D eigenvalue weighted by atomic mass is 127. The Morgan fingerprint density at radius 2 is 1.90 bits per heavy atom. The Morgan fingerprint density at radius 1 is 1.10 bits per heavy atom. The third-order valence-corrected chi connectivity index (χ3v) is 3.79. The van der Waals surface area contributed by atoms with Gasteiger partial charge in [-0.15, -0.1) is 0 Å². The van der Waals surface area contributed by atoms with Crippen molar-refractivity contribution >= 4 is 39.9 Å². The highest BCUT2D eigenvalue weighted by Crippen LogP contribution is 2.30. The van der Waals surface area contributed by atoms with Gasteiger partial charge in [0.15, 0.2) is 0 Å². The van der Waals surface area contributed by atoms with Crippen molar-refractivity contribution in [2.45, 2.75) is 0 Å². The van der Waals surface area contributed by atoms with Crippen molar-refractivity contribution in [3.8, 4) is 22.8 Å². The van der Waals surface area contributed by atoms with E-state index in [4.69, 9.17) is 21.9 Å². The molecule has 3 rings (SSSR count). The number of hydrogen-bond donors (Lipinski definition) is 1. The average Bonchev–Trinajstić information content (AvgIpc) is 2.91. The predicted molar refractivity (Wildman–Crippen MR) is 87.3 cm³/mol. The van der Waals surface area contributed by atoms with E-state index in [1.54, 1.807) is 6.07 Å². The lowest BCUT2D eigenvalue weighted by Gasteiger charge is -2.00. The summed E-state index contributed by atoms with van der Waals surface area (Å²) in [5, 5.41) is 4.55. The van der Waals surface area contributed by atoms with Crippen LogP contribution in [0.5, 0.6) is 0 Å². The average molecular weight is 398 g/mol. The van der Waals surface area contributed by atoms with E-state index in [0.717, 1.165) is 14.7 Å². The SMILES string of the molecule is Nc1ccc(I)cc1-c1nc(-c2ccccc2Cl)no1. The molecule has 0 saturated heterocycles. The highest BCUT2D eigenvalue weighted by Gasteiger charge is 2.14. The van der Waals surface area contributed by atoms with Crippen molar-refractivity contribution < 1.29 is 4.52 Å². The molecule has 0 bridgehead atoms. The van der Waals surface area contributed by atoms with Gasteiger partial charge in [0.05, 0.1) is 10.6 Å². The summed E-state index contributed by atoms with van der Waals surface area (Å²) in [5.74, 6) is 0.833. The molecular formula is C14H9ClIN3O. The van der Waals surface area contributed by atoms with Crippen LogP contribution < -0.4 is 5.73 Å². The third kappa shape index (κ3) is 2.51. The molecule has 0 atom stereocenters. The summed E-state index contributed by atoms with van der Waals surface area (Å²) < 4.78 is 6.34. The number of aromatic nitrogens is 2. The number of hydrogen-bond acceptors (Lipinski definition) is 4. The van der Waals surface area contributed by atoms with Crippen molar-refractivity contribution in [2.24, 2.45) is 0 Å². The first-order valence-corrected chi connectivity index (χ1v) is 7.25. The fourth-order valence-corrected chi connectivity index (χ4v) is 2.51. The largest absolute Gasteiger partial charge is 0.398 e. The lowest BCUT2D eigenvalue weighted by atomic mass is 10.2. The lowest BCUT2D eigenvalue weighted by Crippen LogP contribution is -1.91. The zero-order valence-corrected chi connectivity index (χ0v) is 13.1. The zero-order valence-electron chi connectivity index (χ0n) is 10.2. The number of halogens is 2. The molecule has 1 heterocycles. The Morgan fingerprint density at radius 3 is 2.70 bits per heavy atom. The minimum Gasteiger partial charge on any atom is -0.398 e. The summed E-state index contributed by atoms with van der Waals surface area (Å²) in [6.07, 6.45) is 0. The molecule has 100 valence electrons. The summed E-state index contributed by atoms with van der Waals surface area (Å²) in [4.78, 5) is 4.37. The van der Waals surface area contributed by atoms with E-state index in [-0.39, 0.29) is 0 Å². The molecule has 0 fully saturated rings. The van der Waals surface area contributed by atoms with Gasteiger partial charge >= 0.3 is 0 Å². The number of nitrogens with two attached hydrogens (primary N) is 1. The molecule has 3 aromatic rings. The Labute approximate surface area is 134 Å². The van der Waals surface area contributed by atoms with Crippen LogP contribution in [0.1, 0.15) is 0 Å². The molecule has 0 radical (unpaired) electrons. The minimum absolute atomic E-state index is 0.385. The van der Waals surface area contributed by atoms with Gasteiger partial charge in [0.25, 0.3) is 5.89 Å². The van der Waals surface area contributed by atoms with Crippen LogP contribution in [0.25, 0.3) is 22.8 Å². The number of rotatable bonds is 2. The molecule has 0 unspecified atom stereocenters. The Hall–Kier alpha value is -1.60. The van der Waals surface area contributed by atoms with Crippen LogP contribution in [-0.4, -0.2) is 10.1 Å². The van der Waals surface area contributed by atoms with E-state index in [1.165, 1.54) is 0 Å². The molecule has 0 aliphatic heterocycles. The molecule has 20 heavy (non-hydrogen) atoms. The second kappa shape index (κ2) is 5.41. The maximum Gasteiger partial charge on any atom is 0.260 e. The second-order valence-corrected chi connectivity index (χ2v) is 5.79. The molecule has 0 amide bonds. The van der Waals surface area contributed by atoms with Gasteiger partial charge in [-0.1, -0.05) is 28.9 Å². The molecule has 0 saturated carbocycles. The van der Waals surface area contributed by atoms with Crippen LogP contribution in [0.15, 0.2) is 47.0 Å². The zero-order chi connectivity index (χ0) is 14.1. The Balaban J connectivity index is 2.07. The van der Waals surface area contributed by atoms with E-state index in [9.17, 15) is 0 Å². The summed E-state index contributed by atoms with van der Waals surface area (Å²) in [6.45, 7) is 0. The van der Waals surface area contributed by atoms with Gasteiger partial charge in [0, 0.05) is 14.8 Å². The van der Waals surface area contributed by atoms with E-state index >= 15 is 0 Å². The monoisotopic (exact) mass is 397 g/mol. The fraction of sp³-hybridized carbons (Fsp3) is 0. The van der Waals surface area contributed by atoms with E-state index in [1.807, 2.05) is 36.4 Å². The predicted octanol–water partition coefficient (Wildman–Crippen LogP) is 4.24. The molecule has 2 N–H and O–H groups in total. The normalized spacial score (nSPS) is 10.7. The molecular weight excluding hydrogens is 389 g/mol. The topological polar surface area (TPSA) is 64.9 Å². The Bertz CT molecular complexity index is 773. The van der Waals surface area contributed by atoms with Crippen LogP contribution in [0.4, 0.5) is 5.69 Å². The molecule has 4 nitrogen and oxygen atoms in total. The van der Waals surface area contributed by atoms with Gasteiger partial charge in [-0.3, -0.25) is 0 Å². The quantitative estimate of drug-likeness (QED) is 0.519. The number of nitrogen functional groups attached to an aromatic ring is 1. The molecule has 0 aliphatic carbocycles. The Kier molecular flexibility index (Phi) is 3.62. The highest BCUT2D eigenvalue weighted by molar-refractivity contribution is 14.1. The van der Waals surface area contributed by atoms with Crippen molar-refractivity contribution in [2.75, 3.05) is 5.73 Å². The maximum absolute atomic E-state index is 6.12. The summed E-state index contributed by atoms with van der Waals surface area (Å²) in [6, 6.07) is 13.0. The van der Waals surface area contributed by atoms with Crippen molar-refractivity contribution in [1.29, 1.82) is 0 Å². The minimum atomic E-state index is 0.385. The fourth-order valence-electron chi connectivity index (χ4n) is 1.80. The number of nitrogens with zero attached hydrogens (tertiary/aromatic N) is 2. The van der Waals surface area contributed by atoms with Crippen molar-refractivity contribution in [3.63, 3.8) is 0 Å². The number of anilines is 1. The van der Waals surface area contributed by atoms with Crippen molar-refractivity contribution in [3.05, 3.63) is 51.1 Å². The standard InChI is InChI=1S/C14H9ClIN3O/c15-11-4-2-1-3-9(11)13-18-14(20-19-13)10-7-8(16)5-6-12(10)17/h1-7H,17H2. The molecule has 2 aromatic carbocycles. The van der Waals surface area contributed by atoms with Gasteiger partial charge in [0.2, 0.25) is 5.82 Å². The molecule has 1 aromatic heterocycles. The smallest absolute Gasteiger partial charge is 0.260 e. The third-order valence-electron chi connectivity index (χ3n) is 2.79. The number of benzene rings is 2. The first-order chi connectivity index (χ1) is 9.65. The lowest BCUT2D eigenvalue weighted by molar-refractivity contribution is 0.432. The van der Waals surface area contributed by atoms with Gasteiger partial charge in [-0.05, 0) is 52.9 Å². The first kappa shape index (κ1) is 13.4. The molecule has 6 heteroatoms. The van der Waals surface area contributed by atoms with E-state index in [0.29, 0.717) is 22.4 Å². The summed E-state index contributed by atoms with van der Waals surface area (Å²) >= 11 is 8.33. The van der Waals surface area contributed by atoms with Crippen molar-refractivity contribution in [1.82, 2.24) is 10.1 Å². The first-order valence-electron chi connectivity index (χ1n) is 5.79. The summed E-state index contributed by atoms with van der Waals surface area (Å²) in [5.41, 5.74) is 7.99. The van der Waals surface area contributed by atoms with Crippen LogP contribution in [0, 0.1) is 3.57 Å². The molecule has 0 spiro atoms. The van der Waals surface area contributed by atoms with Crippen LogP contribution >= 0.6 is 34.2 Å². The molecule has 0 aliphatic rings. The summed E-state index contributed by atoms with van der Waals surface area (Å²) in [7, 11) is 0. The van der Waals surface area contributed by atoms with E-state index in [2.05, 4.69) is 32.7 Å². The van der Waals surface area contributed by atoms with Gasteiger partial charge < -0.3 is 10.3 Å². The van der Waals surface area contributed by atoms with E-state index < -0.39 is 0 Å². The maximum atomic E-state index is 6.12.